The third-order valence-corrected chi connectivity index (χ3v) is 8.53. The number of allylic oxidation sites excluding steroid dienone is 1. The lowest BCUT2D eigenvalue weighted by Crippen LogP contribution is -2.37. The molecule has 4 rings (SSSR count). The zero-order chi connectivity index (χ0) is 24.8. The van der Waals surface area contributed by atoms with E-state index in [0.29, 0.717) is 5.92 Å². The summed E-state index contributed by atoms with van der Waals surface area (Å²) in [7, 11) is 0. The van der Waals surface area contributed by atoms with Gasteiger partial charge in [0.1, 0.15) is 5.82 Å². The van der Waals surface area contributed by atoms with Crippen LogP contribution in [0.25, 0.3) is 5.70 Å². The second-order valence-electron chi connectivity index (χ2n) is 11.1. The van der Waals surface area contributed by atoms with Gasteiger partial charge in [0.2, 0.25) is 0 Å². The molecule has 1 saturated heterocycles. The van der Waals surface area contributed by atoms with Gasteiger partial charge in [0.05, 0.1) is 6.04 Å². The van der Waals surface area contributed by atoms with Crippen LogP contribution in [0.2, 0.25) is 0 Å². The predicted octanol–water partition coefficient (Wildman–Crippen LogP) is 7.01. The van der Waals surface area contributed by atoms with Crippen LogP contribution in [0.3, 0.4) is 0 Å². The Kier molecular flexibility index (Phi) is 9.24. The molecule has 0 bridgehead atoms. The number of hydrogen-bond donors (Lipinski definition) is 1. The van der Waals surface area contributed by atoms with Gasteiger partial charge in [-0.25, -0.2) is 4.39 Å². The molecule has 3 aliphatic rings. The van der Waals surface area contributed by atoms with E-state index >= 15 is 4.39 Å². The molecule has 1 atom stereocenters. The molecular formula is C31H46FN3. The molecule has 2 heterocycles. The highest BCUT2D eigenvalue weighted by Gasteiger charge is 2.31. The van der Waals surface area contributed by atoms with Gasteiger partial charge in [-0.1, -0.05) is 50.1 Å². The van der Waals surface area contributed by atoms with Crippen LogP contribution in [-0.2, 0) is 6.54 Å². The Morgan fingerprint density at radius 3 is 2.60 bits per heavy atom. The highest BCUT2D eigenvalue weighted by Crippen LogP contribution is 2.40. The molecule has 1 N–H and O–H groups in total. The Morgan fingerprint density at radius 2 is 1.91 bits per heavy atom. The van der Waals surface area contributed by atoms with Gasteiger partial charge < -0.3 is 15.1 Å². The molecular weight excluding hydrogens is 433 g/mol. The van der Waals surface area contributed by atoms with Crippen LogP contribution >= 0.6 is 0 Å². The van der Waals surface area contributed by atoms with Crippen molar-refractivity contribution < 1.29 is 4.39 Å². The molecule has 0 radical (unpaired) electrons. The van der Waals surface area contributed by atoms with Crippen molar-refractivity contribution in [2.75, 3.05) is 26.2 Å². The summed E-state index contributed by atoms with van der Waals surface area (Å²) < 4.78 is 15.3. The van der Waals surface area contributed by atoms with Gasteiger partial charge in [0.15, 0.2) is 0 Å². The Morgan fingerprint density at radius 1 is 1.17 bits per heavy atom. The van der Waals surface area contributed by atoms with E-state index in [1.54, 1.807) is 6.07 Å². The maximum absolute atomic E-state index is 15.3. The Labute approximate surface area is 213 Å². The minimum atomic E-state index is -0.0557. The average Bonchev–Trinajstić information content (AvgIpc) is 3.17. The van der Waals surface area contributed by atoms with Crippen LogP contribution in [0, 0.1) is 5.82 Å². The van der Waals surface area contributed by atoms with Crippen molar-refractivity contribution in [3.63, 3.8) is 0 Å². The molecule has 2 fully saturated rings. The topological polar surface area (TPSA) is 18.5 Å². The van der Waals surface area contributed by atoms with Crippen LogP contribution in [0.4, 0.5) is 4.39 Å². The smallest absolute Gasteiger partial charge is 0.127 e. The molecule has 4 heteroatoms. The van der Waals surface area contributed by atoms with Gasteiger partial charge in [0, 0.05) is 23.8 Å². The fourth-order valence-electron chi connectivity index (χ4n) is 6.41. The van der Waals surface area contributed by atoms with E-state index in [1.807, 2.05) is 6.08 Å². The highest BCUT2D eigenvalue weighted by atomic mass is 19.1. The SMILES string of the molecule is C=CCCC(C(=C)C)N1Cc2cc(C3CCN(CCCNC4CCCCC4)CC3)c(F)cc2C1=C. The number of likely N-dealkylation sites (tertiary alicyclic amines) is 1. The van der Waals surface area contributed by atoms with Crippen molar-refractivity contribution in [3.05, 3.63) is 66.0 Å². The van der Waals surface area contributed by atoms with E-state index in [4.69, 9.17) is 0 Å². The lowest BCUT2D eigenvalue weighted by atomic mass is 9.87. The van der Waals surface area contributed by atoms with Crippen LogP contribution in [0.1, 0.15) is 93.7 Å². The molecule has 1 unspecified atom stereocenters. The molecule has 3 nitrogen and oxygen atoms in total. The zero-order valence-corrected chi connectivity index (χ0v) is 22.0. The lowest BCUT2D eigenvalue weighted by Gasteiger charge is -2.32. The van der Waals surface area contributed by atoms with Gasteiger partial charge in [-0.15, -0.1) is 6.58 Å². The van der Waals surface area contributed by atoms with Gasteiger partial charge in [-0.05, 0) is 101 Å². The molecule has 192 valence electrons. The Bertz CT molecular complexity index is 893. The summed E-state index contributed by atoms with van der Waals surface area (Å²) in [6.45, 7) is 19.7. The van der Waals surface area contributed by atoms with Crippen molar-refractivity contribution in [1.29, 1.82) is 0 Å². The first-order valence-corrected chi connectivity index (χ1v) is 14.0. The number of hydrogen-bond acceptors (Lipinski definition) is 3. The first-order valence-electron chi connectivity index (χ1n) is 14.0. The third-order valence-electron chi connectivity index (χ3n) is 8.53. The summed E-state index contributed by atoms with van der Waals surface area (Å²) in [5.41, 5.74) is 5.16. The van der Waals surface area contributed by atoms with E-state index in [1.165, 1.54) is 44.1 Å². The van der Waals surface area contributed by atoms with Crippen molar-refractivity contribution >= 4 is 5.70 Å². The third kappa shape index (κ3) is 6.46. The van der Waals surface area contributed by atoms with Crippen molar-refractivity contribution in [3.8, 4) is 0 Å². The van der Waals surface area contributed by atoms with E-state index < -0.39 is 0 Å². The van der Waals surface area contributed by atoms with Gasteiger partial charge in [-0.3, -0.25) is 0 Å². The second-order valence-corrected chi connectivity index (χ2v) is 11.1. The van der Waals surface area contributed by atoms with E-state index in [-0.39, 0.29) is 11.9 Å². The Balaban J connectivity index is 1.30. The van der Waals surface area contributed by atoms with E-state index in [0.717, 1.165) is 86.8 Å². The molecule has 2 aliphatic heterocycles. The number of fused-ring (bicyclic) bond motifs is 1. The minimum absolute atomic E-state index is 0.0557. The molecule has 1 saturated carbocycles. The van der Waals surface area contributed by atoms with Gasteiger partial charge >= 0.3 is 0 Å². The molecule has 0 spiro atoms. The quantitative estimate of drug-likeness (QED) is 0.272. The number of rotatable bonds is 11. The molecule has 1 aromatic rings. The van der Waals surface area contributed by atoms with E-state index in [2.05, 4.69) is 47.8 Å². The number of benzene rings is 1. The number of nitrogens with zero attached hydrogens (tertiary/aromatic N) is 2. The van der Waals surface area contributed by atoms with Crippen molar-refractivity contribution in [2.24, 2.45) is 0 Å². The van der Waals surface area contributed by atoms with Gasteiger partial charge in [-0.2, -0.15) is 0 Å². The number of piperidine rings is 1. The van der Waals surface area contributed by atoms with E-state index in [9.17, 15) is 0 Å². The summed E-state index contributed by atoms with van der Waals surface area (Å²) in [6.07, 6.45) is 14.1. The number of halogens is 1. The summed E-state index contributed by atoms with van der Waals surface area (Å²) >= 11 is 0. The van der Waals surface area contributed by atoms with Crippen LogP contribution in [0.5, 0.6) is 0 Å². The van der Waals surface area contributed by atoms with Gasteiger partial charge in [0.25, 0.3) is 0 Å². The fourth-order valence-corrected chi connectivity index (χ4v) is 6.41. The van der Waals surface area contributed by atoms with Crippen molar-refractivity contribution in [1.82, 2.24) is 15.1 Å². The molecule has 0 aromatic heterocycles. The summed E-state index contributed by atoms with van der Waals surface area (Å²) in [5, 5.41) is 3.76. The first-order chi connectivity index (χ1) is 17.0. The summed E-state index contributed by atoms with van der Waals surface area (Å²) in [6, 6.07) is 4.86. The minimum Gasteiger partial charge on any atom is -0.360 e. The van der Waals surface area contributed by atoms with Crippen LogP contribution < -0.4 is 5.32 Å². The largest absolute Gasteiger partial charge is 0.360 e. The fraction of sp³-hybridized carbons (Fsp3) is 0.613. The highest BCUT2D eigenvalue weighted by molar-refractivity contribution is 5.70. The molecule has 0 amide bonds. The Hall–Kier alpha value is -1.91. The van der Waals surface area contributed by atoms with Crippen molar-refractivity contribution in [2.45, 2.75) is 95.7 Å². The maximum atomic E-state index is 15.3. The lowest BCUT2D eigenvalue weighted by molar-refractivity contribution is 0.206. The summed E-state index contributed by atoms with van der Waals surface area (Å²) in [5.74, 6) is 0.261. The van der Waals surface area contributed by atoms with Crippen LogP contribution in [-0.4, -0.2) is 48.1 Å². The number of nitrogens with one attached hydrogen (secondary N) is 1. The average molecular weight is 480 g/mol. The zero-order valence-electron chi connectivity index (χ0n) is 22.0. The molecule has 1 aliphatic carbocycles. The molecule has 1 aromatic carbocycles. The predicted molar refractivity (Wildman–Crippen MR) is 147 cm³/mol. The normalized spacial score (nSPS) is 20.7. The van der Waals surface area contributed by atoms with Crippen LogP contribution in [0.15, 0.2) is 43.5 Å². The standard InChI is InChI=1S/C31H46FN3/c1-5-6-13-31(23(2)3)35-22-26-20-29(30(32)21-28(26)24(35)4)25-14-18-34(19-15-25)17-10-16-33-27-11-8-7-9-12-27/h5,20-21,25,27,31,33H,1-2,4,6-19,22H2,3H3. The summed E-state index contributed by atoms with van der Waals surface area (Å²) in [4.78, 5) is 4.88. The monoisotopic (exact) mass is 479 g/mol. The maximum Gasteiger partial charge on any atom is 0.127 e. The molecule has 35 heavy (non-hydrogen) atoms. The second kappa shape index (κ2) is 12.4. The first kappa shape index (κ1) is 26.2.